The van der Waals surface area contributed by atoms with Crippen molar-refractivity contribution in [1.29, 1.82) is 0 Å². The molecule has 2 rings (SSSR count). The first-order valence-corrected chi connectivity index (χ1v) is 7.80. The van der Waals surface area contributed by atoms with Crippen LogP contribution >= 0.6 is 0 Å². The molecule has 1 aliphatic rings. The molecular formula is C17H27N3O. The number of carbonyl (C=O) groups is 1. The first kappa shape index (κ1) is 16.0. The zero-order chi connectivity index (χ0) is 15.2. The summed E-state index contributed by atoms with van der Waals surface area (Å²) in [4.78, 5) is 16.6. The van der Waals surface area contributed by atoms with Crippen LogP contribution in [-0.2, 0) is 11.2 Å². The largest absolute Gasteiger partial charge is 0.326 e. The minimum atomic E-state index is -0.0213. The quantitative estimate of drug-likeness (QED) is 0.830. The van der Waals surface area contributed by atoms with E-state index in [0.29, 0.717) is 12.7 Å². The van der Waals surface area contributed by atoms with E-state index in [0.717, 1.165) is 25.8 Å². The monoisotopic (exact) mass is 289 g/mol. The Balaban J connectivity index is 1.81. The molecule has 1 N–H and O–H groups in total. The Hall–Kier alpha value is -1.39. The highest BCUT2D eigenvalue weighted by Gasteiger charge is 2.33. The molecule has 0 aliphatic carbocycles. The fourth-order valence-electron chi connectivity index (χ4n) is 2.73. The Kier molecular flexibility index (Phi) is 5.76. The lowest BCUT2D eigenvalue weighted by molar-refractivity contribution is -0.130. The molecule has 0 bridgehead atoms. The van der Waals surface area contributed by atoms with Gasteiger partial charge in [-0.15, -0.1) is 0 Å². The van der Waals surface area contributed by atoms with Crippen molar-refractivity contribution in [3.63, 3.8) is 0 Å². The van der Waals surface area contributed by atoms with Crippen molar-refractivity contribution < 1.29 is 4.79 Å². The molecule has 0 aromatic heterocycles. The minimum Gasteiger partial charge on any atom is -0.326 e. The third kappa shape index (κ3) is 4.55. The Morgan fingerprint density at radius 2 is 2.05 bits per heavy atom. The molecule has 1 saturated heterocycles. The number of aryl methyl sites for hydroxylation is 1. The number of hydrogen-bond donors (Lipinski definition) is 1. The molecule has 0 spiro atoms. The highest BCUT2D eigenvalue weighted by atomic mass is 16.2. The van der Waals surface area contributed by atoms with Crippen molar-refractivity contribution in [2.45, 2.75) is 38.3 Å². The van der Waals surface area contributed by atoms with Gasteiger partial charge in [-0.1, -0.05) is 30.3 Å². The van der Waals surface area contributed by atoms with E-state index in [1.807, 2.05) is 11.0 Å². The lowest BCUT2D eigenvalue weighted by Gasteiger charge is -2.25. The van der Waals surface area contributed by atoms with Gasteiger partial charge in [-0.2, -0.15) is 0 Å². The van der Waals surface area contributed by atoms with Crippen LogP contribution in [0, 0.1) is 0 Å². The molecule has 116 valence electrons. The van der Waals surface area contributed by atoms with E-state index >= 15 is 0 Å². The van der Waals surface area contributed by atoms with E-state index in [1.54, 1.807) is 0 Å². The van der Waals surface area contributed by atoms with E-state index in [4.69, 9.17) is 0 Å². The topological polar surface area (TPSA) is 35.6 Å². The summed E-state index contributed by atoms with van der Waals surface area (Å²) >= 11 is 0. The molecule has 21 heavy (non-hydrogen) atoms. The SMILES string of the molecule is CC(CCN(C)C)N1CNC(CCc2ccccc2)C1=O. The average molecular weight is 289 g/mol. The van der Waals surface area contributed by atoms with Crippen molar-refractivity contribution in [1.82, 2.24) is 15.1 Å². The zero-order valence-electron chi connectivity index (χ0n) is 13.4. The highest BCUT2D eigenvalue weighted by molar-refractivity contribution is 5.84. The molecule has 0 saturated carbocycles. The van der Waals surface area contributed by atoms with Crippen LogP contribution < -0.4 is 5.32 Å². The van der Waals surface area contributed by atoms with Gasteiger partial charge in [-0.25, -0.2) is 0 Å². The summed E-state index contributed by atoms with van der Waals surface area (Å²) in [6, 6.07) is 10.6. The molecule has 0 radical (unpaired) electrons. The van der Waals surface area contributed by atoms with Gasteiger partial charge in [0.2, 0.25) is 5.91 Å². The standard InChI is InChI=1S/C17H27N3O/c1-14(11-12-19(2)3)20-13-18-16(17(20)21)10-9-15-7-5-4-6-8-15/h4-8,14,16,18H,9-13H2,1-3H3. The summed E-state index contributed by atoms with van der Waals surface area (Å²) in [5.41, 5.74) is 1.30. The molecule has 1 heterocycles. The van der Waals surface area contributed by atoms with Gasteiger partial charge in [0.25, 0.3) is 0 Å². The van der Waals surface area contributed by atoms with Crippen LogP contribution in [0.1, 0.15) is 25.3 Å². The number of hydrogen-bond acceptors (Lipinski definition) is 3. The third-order valence-corrected chi connectivity index (χ3v) is 4.18. The molecule has 4 nitrogen and oxygen atoms in total. The minimum absolute atomic E-state index is 0.0213. The zero-order valence-corrected chi connectivity index (χ0v) is 13.4. The highest BCUT2D eigenvalue weighted by Crippen LogP contribution is 2.15. The number of nitrogens with zero attached hydrogens (tertiary/aromatic N) is 2. The van der Waals surface area contributed by atoms with Crippen LogP contribution in [0.4, 0.5) is 0 Å². The molecule has 2 atom stereocenters. The summed E-state index contributed by atoms with van der Waals surface area (Å²) in [5.74, 6) is 0.261. The van der Waals surface area contributed by atoms with Gasteiger partial charge >= 0.3 is 0 Å². The average Bonchev–Trinajstić information content (AvgIpc) is 2.85. The molecule has 2 unspecified atom stereocenters. The van der Waals surface area contributed by atoms with Gasteiger partial charge in [0, 0.05) is 6.04 Å². The van der Waals surface area contributed by atoms with E-state index in [9.17, 15) is 4.79 Å². The summed E-state index contributed by atoms with van der Waals surface area (Å²) in [6.45, 7) is 3.84. The van der Waals surface area contributed by atoms with Crippen molar-refractivity contribution in [2.75, 3.05) is 27.3 Å². The molecule has 1 aromatic carbocycles. The second-order valence-electron chi connectivity index (χ2n) is 6.19. The van der Waals surface area contributed by atoms with Crippen LogP contribution in [0.15, 0.2) is 30.3 Å². The van der Waals surface area contributed by atoms with Gasteiger partial charge in [-0.05, 0) is 52.4 Å². The number of benzene rings is 1. The Labute approximate surface area is 128 Å². The van der Waals surface area contributed by atoms with E-state index in [1.165, 1.54) is 5.56 Å². The maximum absolute atomic E-state index is 12.5. The van der Waals surface area contributed by atoms with E-state index < -0.39 is 0 Å². The van der Waals surface area contributed by atoms with E-state index in [2.05, 4.69) is 55.5 Å². The number of rotatable bonds is 7. The van der Waals surface area contributed by atoms with Crippen molar-refractivity contribution in [3.05, 3.63) is 35.9 Å². The lowest BCUT2D eigenvalue weighted by Crippen LogP contribution is -2.38. The predicted molar refractivity (Wildman–Crippen MR) is 86.0 cm³/mol. The Bertz CT molecular complexity index is 447. The van der Waals surface area contributed by atoms with Crippen LogP contribution in [0.25, 0.3) is 0 Å². The van der Waals surface area contributed by atoms with Gasteiger partial charge < -0.3 is 9.80 Å². The fourth-order valence-corrected chi connectivity index (χ4v) is 2.73. The number of carbonyl (C=O) groups excluding carboxylic acids is 1. The van der Waals surface area contributed by atoms with Gasteiger partial charge in [0.05, 0.1) is 12.7 Å². The smallest absolute Gasteiger partial charge is 0.241 e. The first-order chi connectivity index (χ1) is 10.1. The van der Waals surface area contributed by atoms with Crippen LogP contribution in [0.5, 0.6) is 0 Å². The lowest BCUT2D eigenvalue weighted by atomic mass is 10.0. The van der Waals surface area contributed by atoms with Crippen LogP contribution in [-0.4, -0.2) is 55.1 Å². The van der Waals surface area contributed by atoms with Crippen LogP contribution in [0.3, 0.4) is 0 Å². The summed E-state index contributed by atoms with van der Waals surface area (Å²) in [7, 11) is 4.14. The van der Waals surface area contributed by atoms with Gasteiger partial charge in [-0.3, -0.25) is 10.1 Å². The predicted octanol–water partition coefficient (Wildman–Crippen LogP) is 1.72. The normalized spacial score (nSPS) is 20.3. The second-order valence-corrected chi connectivity index (χ2v) is 6.19. The fraction of sp³-hybridized carbons (Fsp3) is 0.588. The van der Waals surface area contributed by atoms with Crippen molar-refractivity contribution in [3.8, 4) is 0 Å². The molecule has 4 heteroatoms. The summed E-state index contributed by atoms with van der Waals surface area (Å²) in [5, 5.41) is 3.36. The maximum Gasteiger partial charge on any atom is 0.241 e. The molecule has 1 aromatic rings. The second kappa shape index (κ2) is 7.57. The summed E-state index contributed by atoms with van der Waals surface area (Å²) < 4.78 is 0. The van der Waals surface area contributed by atoms with Crippen molar-refractivity contribution in [2.24, 2.45) is 0 Å². The van der Waals surface area contributed by atoms with E-state index in [-0.39, 0.29) is 11.9 Å². The number of amides is 1. The van der Waals surface area contributed by atoms with Crippen LogP contribution in [0.2, 0.25) is 0 Å². The maximum atomic E-state index is 12.5. The van der Waals surface area contributed by atoms with Gasteiger partial charge in [0.1, 0.15) is 0 Å². The Morgan fingerprint density at radius 3 is 2.71 bits per heavy atom. The molecule has 1 fully saturated rings. The van der Waals surface area contributed by atoms with Crippen molar-refractivity contribution >= 4 is 5.91 Å². The summed E-state index contributed by atoms with van der Waals surface area (Å²) in [6.07, 6.45) is 2.84. The van der Waals surface area contributed by atoms with Gasteiger partial charge in [0.15, 0.2) is 0 Å². The third-order valence-electron chi connectivity index (χ3n) is 4.18. The molecular weight excluding hydrogens is 262 g/mol. The first-order valence-electron chi connectivity index (χ1n) is 7.80. The molecule has 1 amide bonds. The Morgan fingerprint density at radius 1 is 1.33 bits per heavy atom. The number of nitrogens with one attached hydrogen (secondary N) is 1. The molecule has 1 aliphatic heterocycles.